The van der Waals surface area contributed by atoms with Crippen molar-refractivity contribution >= 4 is 66.4 Å². The topological polar surface area (TPSA) is 9.23 Å². The van der Waals surface area contributed by atoms with E-state index in [9.17, 15) is 0 Å². The number of ether oxygens (including phenoxy) is 1. The molecule has 18 heavy (non-hydrogen) atoms. The van der Waals surface area contributed by atoms with Crippen molar-refractivity contribution in [3.63, 3.8) is 0 Å². The standard InChI is InChI=1S/C12H8Br2Cl2OS/c1-17-9-3-2-6(4-7(9)13)11(15)10-5-8(14)12(16)18-10/h2-5,11H,1H3. The van der Waals surface area contributed by atoms with E-state index in [0.29, 0.717) is 4.34 Å². The normalized spacial score (nSPS) is 12.5. The van der Waals surface area contributed by atoms with Crippen molar-refractivity contribution in [1.29, 1.82) is 0 Å². The van der Waals surface area contributed by atoms with Crippen LogP contribution in [0.3, 0.4) is 0 Å². The predicted octanol–water partition coefficient (Wildman–Crippen LogP) is 6.26. The summed E-state index contributed by atoms with van der Waals surface area (Å²) < 4.78 is 7.67. The minimum atomic E-state index is -0.221. The van der Waals surface area contributed by atoms with E-state index in [-0.39, 0.29) is 5.38 Å². The highest BCUT2D eigenvalue weighted by Gasteiger charge is 2.16. The van der Waals surface area contributed by atoms with E-state index in [1.165, 1.54) is 11.3 Å². The molecule has 6 heteroatoms. The van der Waals surface area contributed by atoms with Gasteiger partial charge in [-0.05, 0) is 55.6 Å². The molecule has 1 aromatic carbocycles. The monoisotopic (exact) mass is 428 g/mol. The van der Waals surface area contributed by atoms with Crippen LogP contribution in [0, 0.1) is 0 Å². The molecule has 1 unspecified atom stereocenters. The maximum absolute atomic E-state index is 6.45. The molecule has 2 aromatic rings. The first-order valence-electron chi connectivity index (χ1n) is 4.95. The fourth-order valence-corrected chi connectivity index (χ4v) is 4.13. The molecule has 0 N–H and O–H groups in total. The third-order valence-corrected chi connectivity index (χ3v) is 6.16. The van der Waals surface area contributed by atoms with Gasteiger partial charge in [0, 0.05) is 9.35 Å². The molecule has 1 heterocycles. The lowest BCUT2D eigenvalue weighted by Crippen LogP contribution is -1.92. The summed E-state index contributed by atoms with van der Waals surface area (Å²) in [6, 6.07) is 7.74. The molecule has 1 nitrogen and oxygen atoms in total. The second-order valence-electron chi connectivity index (χ2n) is 3.53. The molecule has 1 atom stereocenters. The molecule has 0 aliphatic rings. The third-order valence-electron chi connectivity index (χ3n) is 2.38. The van der Waals surface area contributed by atoms with Crippen LogP contribution in [0.5, 0.6) is 5.75 Å². The van der Waals surface area contributed by atoms with Gasteiger partial charge in [0.2, 0.25) is 0 Å². The van der Waals surface area contributed by atoms with E-state index in [0.717, 1.165) is 25.1 Å². The van der Waals surface area contributed by atoms with Crippen LogP contribution < -0.4 is 4.74 Å². The zero-order valence-corrected chi connectivity index (χ0v) is 14.7. The van der Waals surface area contributed by atoms with Crippen LogP contribution in [-0.4, -0.2) is 7.11 Å². The van der Waals surface area contributed by atoms with Gasteiger partial charge >= 0.3 is 0 Å². The van der Waals surface area contributed by atoms with Crippen LogP contribution in [0.25, 0.3) is 0 Å². The average molecular weight is 431 g/mol. The molecular formula is C12H8Br2Cl2OS. The zero-order chi connectivity index (χ0) is 13.3. The van der Waals surface area contributed by atoms with Crippen LogP contribution in [0.15, 0.2) is 33.2 Å². The van der Waals surface area contributed by atoms with Crippen LogP contribution >= 0.6 is 66.4 Å². The Kier molecular flexibility index (Phi) is 5.00. The van der Waals surface area contributed by atoms with Crippen LogP contribution in [0.2, 0.25) is 4.34 Å². The fraction of sp³-hybridized carbons (Fsp3) is 0.167. The summed E-state index contributed by atoms with van der Waals surface area (Å²) >= 11 is 20.8. The van der Waals surface area contributed by atoms with Gasteiger partial charge in [-0.3, -0.25) is 0 Å². The Morgan fingerprint density at radius 2 is 1.94 bits per heavy atom. The van der Waals surface area contributed by atoms with Crippen molar-refractivity contribution in [2.75, 3.05) is 7.11 Å². The van der Waals surface area contributed by atoms with E-state index in [1.807, 2.05) is 24.3 Å². The molecular weight excluding hydrogens is 423 g/mol. The molecule has 0 saturated heterocycles. The number of hydrogen-bond donors (Lipinski definition) is 0. The molecule has 2 rings (SSSR count). The van der Waals surface area contributed by atoms with E-state index in [2.05, 4.69) is 31.9 Å². The third kappa shape index (κ3) is 3.05. The van der Waals surface area contributed by atoms with Gasteiger partial charge in [-0.25, -0.2) is 0 Å². The van der Waals surface area contributed by atoms with E-state index in [1.54, 1.807) is 7.11 Å². The van der Waals surface area contributed by atoms with Crippen molar-refractivity contribution in [1.82, 2.24) is 0 Å². The molecule has 0 amide bonds. The Balaban J connectivity index is 2.33. The van der Waals surface area contributed by atoms with Crippen LogP contribution in [0.4, 0.5) is 0 Å². The van der Waals surface area contributed by atoms with Crippen molar-refractivity contribution in [3.8, 4) is 5.75 Å². The maximum Gasteiger partial charge on any atom is 0.133 e. The molecule has 96 valence electrons. The summed E-state index contributed by atoms with van der Waals surface area (Å²) in [5, 5.41) is -0.221. The summed E-state index contributed by atoms with van der Waals surface area (Å²) in [6.45, 7) is 0. The van der Waals surface area contributed by atoms with Gasteiger partial charge < -0.3 is 4.74 Å². The minimum absolute atomic E-state index is 0.221. The Morgan fingerprint density at radius 3 is 2.44 bits per heavy atom. The van der Waals surface area contributed by atoms with E-state index in [4.69, 9.17) is 27.9 Å². The highest BCUT2D eigenvalue weighted by molar-refractivity contribution is 9.11. The number of thiophene rings is 1. The summed E-state index contributed by atoms with van der Waals surface area (Å²) in [5.74, 6) is 0.785. The molecule has 0 fully saturated rings. The number of benzene rings is 1. The minimum Gasteiger partial charge on any atom is -0.496 e. The second kappa shape index (κ2) is 6.14. The first-order valence-corrected chi connectivity index (χ1v) is 8.17. The quantitative estimate of drug-likeness (QED) is 0.522. The lowest BCUT2D eigenvalue weighted by molar-refractivity contribution is 0.412. The number of alkyl halides is 1. The first kappa shape index (κ1) is 14.7. The molecule has 0 spiro atoms. The number of methoxy groups -OCH3 is 1. The SMILES string of the molecule is COc1ccc(C(Cl)c2cc(Br)c(Cl)s2)cc1Br. The predicted molar refractivity (Wildman–Crippen MR) is 85.4 cm³/mol. The second-order valence-corrected chi connectivity index (χ2v) is 7.36. The summed E-state index contributed by atoms with van der Waals surface area (Å²) in [6.07, 6.45) is 0. The Bertz CT molecular complexity index is 552. The summed E-state index contributed by atoms with van der Waals surface area (Å²) in [4.78, 5) is 1.01. The van der Waals surface area contributed by atoms with Gasteiger partial charge in [-0.15, -0.1) is 22.9 Å². The van der Waals surface area contributed by atoms with Gasteiger partial charge in [0.05, 0.1) is 17.0 Å². The van der Waals surface area contributed by atoms with Gasteiger partial charge in [0.25, 0.3) is 0 Å². The van der Waals surface area contributed by atoms with Gasteiger partial charge in [0.15, 0.2) is 0 Å². The number of hydrogen-bond acceptors (Lipinski definition) is 2. The van der Waals surface area contributed by atoms with Crippen LogP contribution in [-0.2, 0) is 0 Å². The van der Waals surface area contributed by atoms with Crippen LogP contribution in [0.1, 0.15) is 15.8 Å². The highest BCUT2D eigenvalue weighted by atomic mass is 79.9. The molecule has 0 radical (unpaired) electrons. The zero-order valence-electron chi connectivity index (χ0n) is 9.22. The molecule has 0 aliphatic heterocycles. The maximum atomic E-state index is 6.45. The number of halogens is 4. The van der Waals surface area contributed by atoms with Gasteiger partial charge in [-0.2, -0.15) is 0 Å². The lowest BCUT2D eigenvalue weighted by atomic mass is 10.1. The molecule has 0 saturated carbocycles. The Labute approximate surface area is 136 Å². The fourth-order valence-electron chi connectivity index (χ4n) is 1.49. The van der Waals surface area contributed by atoms with E-state index >= 15 is 0 Å². The lowest BCUT2D eigenvalue weighted by Gasteiger charge is -2.10. The van der Waals surface area contributed by atoms with Crippen molar-refractivity contribution < 1.29 is 4.74 Å². The first-order chi connectivity index (χ1) is 8.52. The molecule has 0 aliphatic carbocycles. The molecule has 0 bridgehead atoms. The largest absolute Gasteiger partial charge is 0.496 e. The summed E-state index contributed by atoms with van der Waals surface area (Å²) in [7, 11) is 1.63. The Hall–Kier alpha value is 0.260. The van der Waals surface area contributed by atoms with E-state index < -0.39 is 0 Å². The van der Waals surface area contributed by atoms with Crippen molar-refractivity contribution in [3.05, 3.63) is 48.0 Å². The van der Waals surface area contributed by atoms with Gasteiger partial charge in [-0.1, -0.05) is 17.7 Å². The smallest absolute Gasteiger partial charge is 0.133 e. The Morgan fingerprint density at radius 1 is 1.22 bits per heavy atom. The van der Waals surface area contributed by atoms with Crippen molar-refractivity contribution in [2.24, 2.45) is 0 Å². The van der Waals surface area contributed by atoms with Gasteiger partial charge in [0.1, 0.15) is 10.1 Å². The number of rotatable bonds is 3. The average Bonchev–Trinajstić information content (AvgIpc) is 2.68. The highest BCUT2D eigenvalue weighted by Crippen LogP contribution is 2.41. The summed E-state index contributed by atoms with van der Waals surface area (Å²) in [5.41, 5.74) is 0.995. The molecule has 1 aromatic heterocycles. The van der Waals surface area contributed by atoms with Crippen molar-refractivity contribution in [2.45, 2.75) is 5.38 Å².